The molecule has 3 aromatic rings. The molecule has 0 amide bonds. The standard InChI is InChI=1S/C25H21ClO3/c1-17-3-10-20(11-4-17)24(28)25(21-12-5-18(2)6-13-21)29-23(27)16-9-19-7-14-22(26)15-8-19/h3-16,25H,1-2H3/b16-9+/t25-/m1/s1. The monoisotopic (exact) mass is 404 g/mol. The molecule has 1 atom stereocenters. The smallest absolute Gasteiger partial charge is 0.331 e. The Hall–Kier alpha value is -3.17. The van der Waals surface area contributed by atoms with E-state index < -0.39 is 12.1 Å². The Bertz CT molecular complexity index is 1020. The number of hydrogen-bond acceptors (Lipinski definition) is 3. The molecule has 0 spiro atoms. The summed E-state index contributed by atoms with van der Waals surface area (Å²) >= 11 is 5.87. The third-order valence-electron chi connectivity index (χ3n) is 4.47. The molecule has 3 rings (SSSR count). The summed E-state index contributed by atoms with van der Waals surface area (Å²) in [6.45, 7) is 3.91. The number of carbonyl (C=O) groups is 2. The molecule has 146 valence electrons. The summed E-state index contributed by atoms with van der Waals surface area (Å²) in [6, 6.07) is 21.7. The van der Waals surface area contributed by atoms with Crippen LogP contribution in [0, 0.1) is 13.8 Å². The molecule has 0 heterocycles. The summed E-state index contributed by atoms with van der Waals surface area (Å²) < 4.78 is 5.57. The van der Waals surface area contributed by atoms with Gasteiger partial charge in [0.05, 0.1) is 0 Å². The molecular formula is C25H21ClO3. The van der Waals surface area contributed by atoms with Gasteiger partial charge in [-0.25, -0.2) is 4.79 Å². The number of rotatable bonds is 6. The lowest BCUT2D eigenvalue weighted by atomic mass is 9.98. The van der Waals surface area contributed by atoms with E-state index in [1.165, 1.54) is 6.08 Å². The molecule has 0 N–H and O–H groups in total. The second-order valence-electron chi connectivity index (χ2n) is 6.84. The highest BCUT2D eigenvalue weighted by Gasteiger charge is 2.25. The van der Waals surface area contributed by atoms with Crippen molar-refractivity contribution in [1.29, 1.82) is 0 Å². The number of ether oxygens (including phenoxy) is 1. The maximum Gasteiger partial charge on any atom is 0.331 e. The first-order chi connectivity index (χ1) is 13.9. The average Bonchev–Trinajstić information content (AvgIpc) is 2.72. The fraction of sp³-hybridized carbons (Fsp3) is 0.120. The van der Waals surface area contributed by atoms with Gasteiger partial charge >= 0.3 is 5.97 Å². The highest BCUT2D eigenvalue weighted by molar-refractivity contribution is 6.30. The Morgan fingerprint density at radius 2 is 1.38 bits per heavy atom. The van der Waals surface area contributed by atoms with Gasteiger partial charge in [-0.05, 0) is 37.6 Å². The maximum absolute atomic E-state index is 13.1. The summed E-state index contributed by atoms with van der Waals surface area (Å²) in [5, 5.41) is 0.618. The van der Waals surface area contributed by atoms with Gasteiger partial charge in [-0.1, -0.05) is 83.4 Å². The Kier molecular flexibility index (Phi) is 6.63. The van der Waals surface area contributed by atoms with Crippen molar-refractivity contribution < 1.29 is 14.3 Å². The fourth-order valence-electron chi connectivity index (χ4n) is 2.78. The topological polar surface area (TPSA) is 43.4 Å². The first-order valence-electron chi connectivity index (χ1n) is 9.24. The van der Waals surface area contributed by atoms with Gasteiger partial charge in [0, 0.05) is 22.2 Å². The predicted molar refractivity (Wildman–Crippen MR) is 116 cm³/mol. The molecule has 3 nitrogen and oxygen atoms in total. The number of Topliss-reactive ketones (excluding diaryl/α,β-unsaturated/α-hetero) is 1. The second-order valence-corrected chi connectivity index (χ2v) is 7.28. The van der Waals surface area contributed by atoms with Crippen LogP contribution in [0.25, 0.3) is 6.08 Å². The van der Waals surface area contributed by atoms with Crippen molar-refractivity contribution in [3.63, 3.8) is 0 Å². The minimum absolute atomic E-state index is 0.262. The largest absolute Gasteiger partial charge is 0.446 e. The van der Waals surface area contributed by atoms with Crippen molar-refractivity contribution in [2.45, 2.75) is 20.0 Å². The summed E-state index contributed by atoms with van der Waals surface area (Å²) in [5.41, 5.74) is 4.05. The molecule has 0 radical (unpaired) electrons. The van der Waals surface area contributed by atoms with E-state index in [0.29, 0.717) is 16.1 Å². The van der Waals surface area contributed by atoms with Gasteiger partial charge in [0.2, 0.25) is 5.78 Å². The van der Waals surface area contributed by atoms with E-state index in [2.05, 4.69) is 0 Å². The van der Waals surface area contributed by atoms with Crippen LogP contribution < -0.4 is 0 Å². The van der Waals surface area contributed by atoms with E-state index in [9.17, 15) is 9.59 Å². The van der Waals surface area contributed by atoms with E-state index in [1.54, 1.807) is 42.5 Å². The van der Waals surface area contributed by atoms with Crippen LogP contribution in [0.4, 0.5) is 0 Å². The lowest BCUT2D eigenvalue weighted by Gasteiger charge is -2.17. The highest BCUT2D eigenvalue weighted by atomic mass is 35.5. The normalized spacial score (nSPS) is 12.0. The molecule has 0 aliphatic heterocycles. The summed E-state index contributed by atoms with van der Waals surface area (Å²) in [4.78, 5) is 25.5. The van der Waals surface area contributed by atoms with Crippen LogP contribution in [-0.2, 0) is 9.53 Å². The third kappa shape index (κ3) is 5.66. The van der Waals surface area contributed by atoms with E-state index in [0.717, 1.165) is 16.7 Å². The van der Waals surface area contributed by atoms with Crippen LogP contribution in [0.1, 0.15) is 38.7 Å². The van der Waals surface area contributed by atoms with Gasteiger partial charge in [0.1, 0.15) is 0 Å². The zero-order chi connectivity index (χ0) is 20.8. The van der Waals surface area contributed by atoms with Gasteiger partial charge < -0.3 is 4.74 Å². The molecule has 0 bridgehead atoms. The number of esters is 1. The number of halogens is 1. The predicted octanol–water partition coefficient (Wildman–Crippen LogP) is 6.14. The quantitative estimate of drug-likeness (QED) is 0.281. The molecule has 0 unspecified atom stereocenters. The maximum atomic E-state index is 13.1. The summed E-state index contributed by atoms with van der Waals surface area (Å²) in [6.07, 6.45) is 1.93. The lowest BCUT2D eigenvalue weighted by Crippen LogP contribution is -2.19. The Morgan fingerprint density at radius 1 is 0.828 bits per heavy atom. The van der Waals surface area contributed by atoms with E-state index in [4.69, 9.17) is 16.3 Å². The van der Waals surface area contributed by atoms with Gasteiger partial charge in [0.25, 0.3) is 0 Å². The Balaban J connectivity index is 1.83. The van der Waals surface area contributed by atoms with Crippen LogP contribution in [-0.4, -0.2) is 11.8 Å². The lowest BCUT2D eigenvalue weighted by molar-refractivity contribution is -0.141. The molecule has 0 fully saturated rings. The van der Waals surface area contributed by atoms with Crippen molar-refractivity contribution in [3.05, 3.63) is 112 Å². The van der Waals surface area contributed by atoms with Crippen molar-refractivity contribution in [2.24, 2.45) is 0 Å². The molecule has 0 saturated heterocycles. The molecule has 3 aromatic carbocycles. The van der Waals surface area contributed by atoms with E-state index in [1.807, 2.05) is 50.2 Å². The van der Waals surface area contributed by atoms with Crippen LogP contribution in [0.2, 0.25) is 5.02 Å². The molecular weight excluding hydrogens is 384 g/mol. The van der Waals surface area contributed by atoms with Crippen LogP contribution >= 0.6 is 11.6 Å². The van der Waals surface area contributed by atoms with Gasteiger partial charge in [-0.3, -0.25) is 4.79 Å². The van der Waals surface area contributed by atoms with Crippen molar-refractivity contribution in [3.8, 4) is 0 Å². The Morgan fingerprint density at radius 3 is 1.97 bits per heavy atom. The van der Waals surface area contributed by atoms with E-state index in [-0.39, 0.29) is 5.78 Å². The fourth-order valence-corrected chi connectivity index (χ4v) is 2.90. The summed E-state index contributed by atoms with van der Waals surface area (Å²) in [5.74, 6) is -0.854. The van der Waals surface area contributed by atoms with Crippen molar-refractivity contribution >= 4 is 29.4 Å². The average molecular weight is 405 g/mol. The van der Waals surface area contributed by atoms with Crippen LogP contribution in [0.5, 0.6) is 0 Å². The summed E-state index contributed by atoms with van der Waals surface area (Å²) in [7, 11) is 0. The number of hydrogen-bond donors (Lipinski definition) is 0. The number of aryl methyl sites for hydroxylation is 2. The molecule has 0 aliphatic carbocycles. The van der Waals surface area contributed by atoms with Crippen molar-refractivity contribution in [1.82, 2.24) is 0 Å². The Labute approximate surface area is 175 Å². The third-order valence-corrected chi connectivity index (χ3v) is 4.72. The molecule has 0 aromatic heterocycles. The van der Waals surface area contributed by atoms with Gasteiger partial charge in [0.15, 0.2) is 6.10 Å². The number of carbonyl (C=O) groups excluding carboxylic acids is 2. The molecule has 29 heavy (non-hydrogen) atoms. The molecule has 0 saturated carbocycles. The minimum Gasteiger partial charge on any atom is -0.446 e. The number of ketones is 1. The van der Waals surface area contributed by atoms with Crippen molar-refractivity contribution in [2.75, 3.05) is 0 Å². The van der Waals surface area contributed by atoms with Crippen LogP contribution in [0.3, 0.4) is 0 Å². The van der Waals surface area contributed by atoms with Gasteiger partial charge in [-0.15, -0.1) is 0 Å². The van der Waals surface area contributed by atoms with Crippen LogP contribution in [0.15, 0.2) is 78.9 Å². The molecule has 0 aliphatic rings. The second kappa shape index (κ2) is 9.35. The van der Waals surface area contributed by atoms with E-state index >= 15 is 0 Å². The SMILES string of the molecule is Cc1ccc(C(=O)[C@H](OC(=O)/C=C/c2ccc(Cl)cc2)c2ccc(C)cc2)cc1. The van der Waals surface area contributed by atoms with Gasteiger partial charge in [-0.2, -0.15) is 0 Å². The first-order valence-corrected chi connectivity index (χ1v) is 9.62. The highest BCUT2D eigenvalue weighted by Crippen LogP contribution is 2.24. The molecule has 4 heteroatoms. The zero-order valence-electron chi connectivity index (χ0n) is 16.3. The first kappa shape index (κ1) is 20.6. The number of benzene rings is 3. The zero-order valence-corrected chi connectivity index (χ0v) is 17.0. The minimum atomic E-state index is -1.01.